The molecule has 0 unspecified atom stereocenters. The van der Waals surface area contributed by atoms with Gasteiger partial charge in [-0.05, 0) is 44.5 Å². The number of benzene rings is 1. The molecule has 0 saturated carbocycles. The monoisotopic (exact) mass is 329 g/mol. The van der Waals surface area contributed by atoms with E-state index in [0.29, 0.717) is 13.2 Å². The lowest BCUT2D eigenvalue weighted by Gasteiger charge is -2.16. The predicted molar refractivity (Wildman–Crippen MR) is 91.4 cm³/mol. The van der Waals surface area contributed by atoms with E-state index in [0.717, 1.165) is 24.4 Å². The van der Waals surface area contributed by atoms with E-state index in [1.165, 1.54) is 23.5 Å². The lowest BCUT2D eigenvalue weighted by Crippen LogP contribution is -2.21. The van der Waals surface area contributed by atoms with Crippen LogP contribution in [0.5, 0.6) is 5.75 Å². The van der Waals surface area contributed by atoms with Gasteiger partial charge in [0.2, 0.25) is 0 Å². The molecule has 1 aromatic heterocycles. The van der Waals surface area contributed by atoms with Crippen molar-refractivity contribution in [3.8, 4) is 5.75 Å². The van der Waals surface area contributed by atoms with Crippen LogP contribution >= 0.6 is 0 Å². The first-order valence-corrected chi connectivity index (χ1v) is 7.89. The molecule has 1 N–H and O–H groups in total. The fourth-order valence-corrected chi connectivity index (χ4v) is 2.30. The van der Waals surface area contributed by atoms with Crippen molar-refractivity contribution in [3.05, 3.63) is 53.1 Å². The minimum Gasteiger partial charge on any atom is -0.493 e. The number of carboxylic acids is 1. The number of carboxylic acid groups (broad SMARTS) is 1. The number of carbonyl (C=O) groups is 1. The molecule has 0 atom stereocenters. The van der Waals surface area contributed by atoms with Crippen LogP contribution in [0.15, 0.2) is 30.6 Å². The van der Waals surface area contributed by atoms with E-state index in [-0.39, 0.29) is 5.69 Å². The fraction of sp³-hybridized carbons (Fsp3) is 0.389. The average molecular weight is 329 g/mol. The Kier molecular flexibility index (Phi) is 6.26. The molecule has 2 aromatic rings. The van der Waals surface area contributed by atoms with Gasteiger partial charge in [0, 0.05) is 13.1 Å². The molecular weight excluding hydrogens is 306 g/mol. The number of hydrogen-bond acceptors (Lipinski definition) is 5. The number of hydrogen-bond donors (Lipinski definition) is 1. The Hall–Kier alpha value is -2.47. The van der Waals surface area contributed by atoms with Crippen LogP contribution in [-0.4, -0.2) is 46.1 Å². The molecule has 0 spiro atoms. The molecule has 0 amide bonds. The van der Waals surface area contributed by atoms with Crippen molar-refractivity contribution < 1.29 is 14.6 Å². The highest BCUT2D eigenvalue weighted by molar-refractivity contribution is 5.84. The third-order valence-corrected chi connectivity index (χ3v) is 3.85. The third-order valence-electron chi connectivity index (χ3n) is 3.85. The highest BCUT2D eigenvalue weighted by atomic mass is 16.5. The zero-order valence-corrected chi connectivity index (χ0v) is 14.3. The van der Waals surface area contributed by atoms with E-state index >= 15 is 0 Å². The summed E-state index contributed by atoms with van der Waals surface area (Å²) in [4.78, 5) is 20.8. The molecule has 2 rings (SSSR count). The standard InChI is InChI=1S/C18H23N3O3/c1-13-6-4-7-17(14(13)2)24-9-5-8-21(3)12-15-10-20-16(11-19-15)18(22)23/h4,6-7,10-11H,5,8-9,12H2,1-3H3,(H,22,23). The molecule has 0 fully saturated rings. The minimum absolute atomic E-state index is 0.0386. The quantitative estimate of drug-likeness (QED) is 0.751. The van der Waals surface area contributed by atoms with Crippen LogP contribution in [0.2, 0.25) is 0 Å². The van der Waals surface area contributed by atoms with E-state index in [9.17, 15) is 4.79 Å². The molecule has 6 heteroatoms. The Morgan fingerprint density at radius 2 is 2.04 bits per heavy atom. The number of nitrogens with zero attached hydrogens (tertiary/aromatic N) is 3. The van der Waals surface area contributed by atoms with E-state index < -0.39 is 5.97 Å². The van der Waals surface area contributed by atoms with Crippen molar-refractivity contribution >= 4 is 5.97 Å². The van der Waals surface area contributed by atoms with Crippen molar-refractivity contribution in [2.45, 2.75) is 26.8 Å². The second-order valence-corrected chi connectivity index (χ2v) is 5.84. The Morgan fingerprint density at radius 1 is 1.25 bits per heavy atom. The average Bonchev–Trinajstić information content (AvgIpc) is 2.55. The normalized spacial score (nSPS) is 10.8. The molecule has 6 nitrogen and oxygen atoms in total. The van der Waals surface area contributed by atoms with Gasteiger partial charge in [-0.1, -0.05) is 12.1 Å². The van der Waals surface area contributed by atoms with E-state index in [1.54, 1.807) is 0 Å². The Labute approximate surface area is 142 Å². The topological polar surface area (TPSA) is 75.5 Å². The van der Waals surface area contributed by atoms with Gasteiger partial charge < -0.3 is 14.7 Å². The third kappa shape index (κ3) is 5.03. The highest BCUT2D eigenvalue weighted by Crippen LogP contribution is 2.20. The zero-order valence-electron chi connectivity index (χ0n) is 14.3. The lowest BCUT2D eigenvalue weighted by atomic mass is 10.1. The number of aromatic carboxylic acids is 1. The van der Waals surface area contributed by atoms with Crippen LogP contribution in [0.3, 0.4) is 0 Å². The number of aryl methyl sites for hydroxylation is 1. The molecule has 0 aliphatic carbocycles. The first-order chi connectivity index (χ1) is 11.5. The summed E-state index contributed by atoms with van der Waals surface area (Å²) in [5.74, 6) is -0.126. The van der Waals surface area contributed by atoms with Crippen LogP contribution in [-0.2, 0) is 6.54 Å². The molecule has 24 heavy (non-hydrogen) atoms. The zero-order chi connectivity index (χ0) is 17.5. The van der Waals surface area contributed by atoms with Crippen LogP contribution < -0.4 is 4.74 Å². The van der Waals surface area contributed by atoms with Gasteiger partial charge in [-0.3, -0.25) is 4.98 Å². The Balaban J connectivity index is 1.74. The van der Waals surface area contributed by atoms with Crippen molar-refractivity contribution in [3.63, 3.8) is 0 Å². The molecule has 128 valence electrons. The number of ether oxygens (including phenoxy) is 1. The van der Waals surface area contributed by atoms with Crippen molar-refractivity contribution in [1.82, 2.24) is 14.9 Å². The van der Waals surface area contributed by atoms with Gasteiger partial charge >= 0.3 is 5.97 Å². The van der Waals surface area contributed by atoms with Gasteiger partial charge in [0.25, 0.3) is 0 Å². The SMILES string of the molecule is Cc1cccc(OCCCN(C)Cc2cnc(C(=O)O)cn2)c1C. The van der Waals surface area contributed by atoms with Crippen molar-refractivity contribution in [2.75, 3.05) is 20.2 Å². The summed E-state index contributed by atoms with van der Waals surface area (Å²) in [6.45, 7) is 6.27. The lowest BCUT2D eigenvalue weighted by molar-refractivity contribution is 0.0690. The summed E-state index contributed by atoms with van der Waals surface area (Å²) in [5.41, 5.74) is 3.12. The minimum atomic E-state index is -1.06. The summed E-state index contributed by atoms with van der Waals surface area (Å²) in [6.07, 6.45) is 3.69. The molecule has 1 heterocycles. The second kappa shape index (κ2) is 8.40. The van der Waals surface area contributed by atoms with Gasteiger partial charge in [-0.15, -0.1) is 0 Å². The van der Waals surface area contributed by atoms with Crippen LogP contribution in [0, 0.1) is 13.8 Å². The first kappa shape index (κ1) is 17.9. The number of aromatic nitrogens is 2. The maximum absolute atomic E-state index is 10.7. The van der Waals surface area contributed by atoms with Gasteiger partial charge in [0.1, 0.15) is 5.75 Å². The van der Waals surface area contributed by atoms with Crippen molar-refractivity contribution in [1.29, 1.82) is 0 Å². The van der Waals surface area contributed by atoms with Gasteiger partial charge in [0.15, 0.2) is 5.69 Å². The summed E-state index contributed by atoms with van der Waals surface area (Å²) in [5, 5.41) is 8.80. The van der Waals surface area contributed by atoms with Gasteiger partial charge in [-0.2, -0.15) is 0 Å². The molecule has 0 aliphatic heterocycles. The second-order valence-electron chi connectivity index (χ2n) is 5.84. The largest absolute Gasteiger partial charge is 0.493 e. The molecule has 0 saturated heterocycles. The maximum Gasteiger partial charge on any atom is 0.356 e. The fourth-order valence-electron chi connectivity index (χ4n) is 2.30. The maximum atomic E-state index is 10.7. The summed E-state index contributed by atoms with van der Waals surface area (Å²) in [6, 6.07) is 6.07. The van der Waals surface area contributed by atoms with Crippen molar-refractivity contribution in [2.24, 2.45) is 0 Å². The summed E-state index contributed by atoms with van der Waals surface area (Å²) >= 11 is 0. The van der Waals surface area contributed by atoms with E-state index in [2.05, 4.69) is 34.8 Å². The van der Waals surface area contributed by atoms with E-state index in [1.807, 2.05) is 19.2 Å². The predicted octanol–water partition coefficient (Wildman–Crippen LogP) is 2.69. The van der Waals surface area contributed by atoms with Crippen LogP contribution in [0.4, 0.5) is 0 Å². The van der Waals surface area contributed by atoms with Crippen LogP contribution in [0.25, 0.3) is 0 Å². The molecule has 1 aromatic carbocycles. The molecular formula is C18H23N3O3. The van der Waals surface area contributed by atoms with Gasteiger partial charge in [0.05, 0.1) is 24.7 Å². The van der Waals surface area contributed by atoms with E-state index in [4.69, 9.17) is 9.84 Å². The summed E-state index contributed by atoms with van der Waals surface area (Å²) < 4.78 is 5.84. The Morgan fingerprint density at radius 3 is 2.71 bits per heavy atom. The molecule has 0 aliphatic rings. The first-order valence-electron chi connectivity index (χ1n) is 7.89. The summed E-state index contributed by atoms with van der Waals surface area (Å²) in [7, 11) is 1.99. The number of rotatable bonds is 8. The van der Waals surface area contributed by atoms with Gasteiger partial charge in [-0.25, -0.2) is 9.78 Å². The Bertz CT molecular complexity index is 686. The molecule has 0 bridgehead atoms. The van der Waals surface area contributed by atoms with Crippen LogP contribution in [0.1, 0.15) is 33.7 Å². The highest BCUT2D eigenvalue weighted by Gasteiger charge is 2.07. The smallest absolute Gasteiger partial charge is 0.356 e. The molecule has 0 radical (unpaired) electrons.